The number of carbonyl (C=O) groups is 2. The molecule has 8 nitrogen and oxygen atoms in total. The highest BCUT2D eigenvalue weighted by atomic mass is 16.5. The quantitative estimate of drug-likeness (QED) is 0.562. The van der Waals surface area contributed by atoms with Crippen LogP contribution in [-0.2, 0) is 4.79 Å². The number of amides is 2. The number of furan rings is 2. The highest BCUT2D eigenvalue weighted by molar-refractivity contribution is 6.09. The number of hydrogen-bond acceptors (Lipinski definition) is 6. The fourth-order valence-corrected chi connectivity index (χ4v) is 4.04. The van der Waals surface area contributed by atoms with Gasteiger partial charge in [0, 0.05) is 12.1 Å². The predicted molar refractivity (Wildman–Crippen MR) is 117 cm³/mol. The van der Waals surface area contributed by atoms with Crippen LogP contribution in [0.15, 0.2) is 63.8 Å². The molecular formula is C24H26N2O6. The average molecular weight is 438 g/mol. The van der Waals surface area contributed by atoms with Crippen molar-refractivity contribution < 1.29 is 27.9 Å². The highest BCUT2D eigenvalue weighted by Crippen LogP contribution is 2.38. The van der Waals surface area contributed by atoms with Crippen molar-refractivity contribution in [3.05, 3.63) is 66.5 Å². The molecular weight excluding hydrogens is 412 g/mol. The topological polar surface area (TPSA) is 94.2 Å². The summed E-state index contributed by atoms with van der Waals surface area (Å²) in [5.74, 6) is 0.521. The van der Waals surface area contributed by atoms with Gasteiger partial charge in [0.05, 0.1) is 32.4 Å². The van der Waals surface area contributed by atoms with Gasteiger partial charge >= 0.3 is 0 Å². The summed E-state index contributed by atoms with van der Waals surface area (Å²) in [6.07, 6.45) is 6.85. The van der Waals surface area contributed by atoms with Crippen LogP contribution in [0.4, 0.5) is 5.69 Å². The van der Waals surface area contributed by atoms with Crippen LogP contribution in [0.2, 0.25) is 0 Å². The van der Waals surface area contributed by atoms with E-state index in [0.717, 1.165) is 25.7 Å². The van der Waals surface area contributed by atoms with E-state index < -0.39 is 11.9 Å². The second-order valence-electron chi connectivity index (χ2n) is 7.60. The maximum atomic E-state index is 13.6. The van der Waals surface area contributed by atoms with Crippen LogP contribution in [-0.4, -0.2) is 32.1 Å². The van der Waals surface area contributed by atoms with Crippen molar-refractivity contribution >= 4 is 17.5 Å². The molecule has 2 aromatic heterocycles. The molecule has 1 unspecified atom stereocenters. The molecule has 1 aromatic carbocycles. The molecule has 1 N–H and O–H groups in total. The second-order valence-corrected chi connectivity index (χ2v) is 7.60. The van der Waals surface area contributed by atoms with Gasteiger partial charge in [0.15, 0.2) is 11.8 Å². The summed E-state index contributed by atoms with van der Waals surface area (Å²) in [4.78, 5) is 28.5. The Morgan fingerprint density at radius 1 is 1.03 bits per heavy atom. The lowest BCUT2D eigenvalue weighted by atomic mass is 10.1. The van der Waals surface area contributed by atoms with E-state index in [1.807, 2.05) is 0 Å². The Balaban J connectivity index is 1.82. The van der Waals surface area contributed by atoms with E-state index in [-0.39, 0.29) is 17.7 Å². The molecule has 8 heteroatoms. The number of ether oxygens (including phenoxy) is 2. The van der Waals surface area contributed by atoms with E-state index in [1.54, 1.807) is 49.6 Å². The van der Waals surface area contributed by atoms with Gasteiger partial charge < -0.3 is 23.6 Å². The summed E-state index contributed by atoms with van der Waals surface area (Å²) in [7, 11) is 3.04. The maximum Gasteiger partial charge on any atom is 0.295 e. The summed E-state index contributed by atoms with van der Waals surface area (Å²) in [5.41, 5.74) is 0.387. The van der Waals surface area contributed by atoms with E-state index in [1.165, 1.54) is 24.5 Å². The number of rotatable bonds is 8. The lowest BCUT2D eigenvalue weighted by Gasteiger charge is -2.31. The molecule has 2 amide bonds. The average Bonchev–Trinajstić information content (AvgIpc) is 3.60. The highest BCUT2D eigenvalue weighted by Gasteiger charge is 2.38. The molecule has 1 aliphatic carbocycles. The smallest absolute Gasteiger partial charge is 0.295 e. The maximum absolute atomic E-state index is 13.6. The monoisotopic (exact) mass is 438 g/mol. The fraction of sp³-hybridized carbons (Fsp3) is 0.333. The molecule has 0 radical (unpaired) electrons. The van der Waals surface area contributed by atoms with Gasteiger partial charge in [-0.3, -0.25) is 14.5 Å². The Hall–Kier alpha value is -3.68. The first-order chi connectivity index (χ1) is 15.6. The molecule has 1 aliphatic rings. The Bertz CT molecular complexity index is 1040. The third-order valence-corrected chi connectivity index (χ3v) is 5.62. The van der Waals surface area contributed by atoms with Crippen molar-refractivity contribution in [1.82, 2.24) is 5.32 Å². The van der Waals surface area contributed by atoms with Gasteiger partial charge in [0.2, 0.25) is 0 Å². The molecule has 3 aromatic rings. The molecule has 0 spiro atoms. The van der Waals surface area contributed by atoms with Gasteiger partial charge in [-0.2, -0.15) is 0 Å². The molecule has 0 saturated heterocycles. The third-order valence-electron chi connectivity index (χ3n) is 5.62. The summed E-state index contributed by atoms with van der Waals surface area (Å²) >= 11 is 0. The van der Waals surface area contributed by atoms with Crippen molar-refractivity contribution in [2.75, 3.05) is 19.1 Å². The first-order valence-electron chi connectivity index (χ1n) is 10.5. The second kappa shape index (κ2) is 9.64. The number of hydrogen-bond donors (Lipinski definition) is 1. The zero-order chi connectivity index (χ0) is 22.5. The Labute approximate surface area is 186 Å². The van der Waals surface area contributed by atoms with Crippen molar-refractivity contribution in [2.24, 2.45) is 0 Å². The number of methoxy groups -OCH3 is 2. The van der Waals surface area contributed by atoms with Gasteiger partial charge in [0.25, 0.3) is 11.8 Å². The summed E-state index contributed by atoms with van der Waals surface area (Å²) in [6.45, 7) is 0. The van der Waals surface area contributed by atoms with Crippen LogP contribution in [0, 0.1) is 0 Å². The van der Waals surface area contributed by atoms with Crippen LogP contribution in [0.5, 0.6) is 11.5 Å². The number of benzene rings is 1. The molecule has 4 rings (SSSR count). The van der Waals surface area contributed by atoms with Crippen molar-refractivity contribution in [3.63, 3.8) is 0 Å². The van der Waals surface area contributed by atoms with Gasteiger partial charge in [-0.1, -0.05) is 12.8 Å². The van der Waals surface area contributed by atoms with Gasteiger partial charge in [-0.15, -0.1) is 0 Å². The molecule has 168 valence electrons. The largest absolute Gasteiger partial charge is 0.497 e. The minimum atomic E-state index is -1.06. The molecule has 32 heavy (non-hydrogen) atoms. The van der Waals surface area contributed by atoms with E-state index in [0.29, 0.717) is 22.9 Å². The summed E-state index contributed by atoms with van der Waals surface area (Å²) < 4.78 is 21.8. The number of carbonyl (C=O) groups excluding carboxylic acids is 2. The minimum absolute atomic E-state index is 0.0679. The lowest BCUT2D eigenvalue weighted by molar-refractivity contribution is -0.123. The first-order valence-corrected chi connectivity index (χ1v) is 10.5. The van der Waals surface area contributed by atoms with E-state index in [9.17, 15) is 9.59 Å². The number of nitrogens with one attached hydrogen (secondary N) is 1. The summed E-state index contributed by atoms with van der Waals surface area (Å²) in [6, 6.07) is 10.6. The van der Waals surface area contributed by atoms with E-state index in [2.05, 4.69) is 5.32 Å². The Morgan fingerprint density at radius 2 is 1.78 bits per heavy atom. The van der Waals surface area contributed by atoms with Crippen molar-refractivity contribution in [1.29, 1.82) is 0 Å². The molecule has 1 atom stereocenters. The fourth-order valence-electron chi connectivity index (χ4n) is 4.04. The normalized spacial score (nSPS) is 14.7. The predicted octanol–water partition coefficient (Wildman–Crippen LogP) is 4.34. The van der Waals surface area contributed by atoms with Crippen LogP contribution in [0.25, 0.3) is 0 Å². The third kappa shape index (κ3) is 4.34. The van der Waals surface area contributed by atoms with Gasteiger partial charge in [0.1, 0.15) is 17.3 Å². The van der Waals surface area contributed by atoms with Gasteiger partial charge in [-0.05, 0) is 49.2 Å². The standard InChI is InChI=1S/C24H26N2O6/c1-29-17-11-12-18(21(15-17)30-2)26(24(28)20-10-6-14-32-20)22(19-9-5-13-31-19)23(27)25-16-7-3-4-8-16/h5-6,9-16,22H,3-4,7-8H2,1-2H3,(H,25,27). The minimum Gasteiger partial charge on any atom is -0.497 e. The van der Waals surface area contributed by atoms with Crippen LogP contribution < -0.4 is 19.7 Å². The first kappa shape index (κ1) is 21.5. The number of anilines is 1. The molecule has 0 aliphatic heterocycles. The van der Waals surface area contributed by atoms with Gasteiger partial charge in [-0.25, -0.2) is 0 Å². The molecule has 2 heterocycles. The Kier molecular flexibility index (Phi) is 6.49. The van der Waals surface area contributed by atoms with E-state index in [4.69, 9.17) is 18.3 Å². The molecule has 0 bridgehead atoms. The van der Waals surface area contributed by atoms with Crippen molar-refractivity contribution in [3.8, 4) is 11.5 Å². The SMILES string of the molecule is COc1ccc(N(C(=O)c2ccco2)C(C(=O)NC2CCCC2)c2ccco2)c(OC)c1. The van der Waals surface area contributed by atoms with Crippen LogP contribution in [0.1, 0.15) is 48.0 Å². The summed E-state index contributed by atoms with van der Waals surface area (Å²) in [5, 5.41) is 3.09. The van der Waals surface area contributed by atoms with Crippen LogP contribution >= 0.6 is 0 Å². The van der Waals surface area contributed by atoms with Crippen molar-refractivity contribution in [2.45, 2.75) is 37.8 Å². The Morgan fingerprint density at radius 3 is 2.41 bits per heavy atom. The lowest BCUT2D eigenvalue weighted by Crippen LogP contribution is -2.46. The number of nitrogens with zero attached hydrogens (tertiary/aromatic N) is 1. The molecule has 1 saturated carbocycles. The zero-order valence-electron chi connectivity index (χ0n) is 18.1. The van der Waals surface area contributed by atoms with Crippen LogP contribution in [0.3, 0.4) is 0 Å². The van der Waals surface area contributed by atoms with E-state index >= 15 is 0 Å². The zero-order valence-corrected chi connectivity index (χ0v) is 18.1. The molecule has 1 fully saturated rings.